The maximum atomic E-state index is 12.2. The average Bonchev–Trinajstić information content (AvgIpc) is 2.64. The molecule has 0 bridgehead atoms. The molecular formula is C11H17ClN2OS. The lowest BCUT2D eigenvalue weighted by Gasteiger charge is -2.33. The molecule has 0 saturated carbocycles. The Balaban J connectivity index is 0.00000128. The molecule has 5 heteroatoms. The van der Waals surface area contributed by atoms with Gasteiger partial charge in [0.2, 0.25) is 0 Å². The van der Waals surface area contributed by atoms with Crippen LogP contribution >= 0.6 is 23.7 Å². The molecule has 3 nitrogen and oxygen atoms in total. The molecule has 1 aliphatic heterocycles. The first-order valence-corrected chi connectivity index (χ1v) is 6.14. The van der Waals surface area contributed by atoms with Crippen LogP contribution in [0.15, 0.2) is 11.4 Å². The van der Waals surface area contributed by atoms with Gasteiger partial charge in [0.25, 0.3) is 5.91 Å². The Morgan fingerprint density at radius 2 is 2.38 bits per heavy atom. The minimum Gasteiger partial charge on any atom is -0.333 e. The minimum absolute atomic E-state index is 0. The fourth-order valence-corrected chi connectivity index (χ4v) is 2.75. The molecule has 1 aromatic rings. The van der Waals surface area contributed by atoms with Crippen molar-refractivity contribution in [1.82, 2.24) is 10.2 Å². The van der Waals surface area contributed by atoms with Crippen molar-refractivity contribution in [1.29, 1.82) is 0 Å². The third kappa shape index (κ3) is 2.56. The highest BCUT2D eigenvalue weighted by Gasteiger charge is 2.25. The first-order valence-electron chi connectivity index (χ1n) is 5.26. The van der Waals surface area contributed by atoms with E-state index < -0.39 is 0 Å². The Bertz CT molecular complexity index is 367. The van der Waals surface area contributed by atoms with Crippen LogP contribution in [0.4, 0.5) is 0 Å². The lowest BCUT2D eigenvalue weighted by atomic mass is 10.2. The summed E-state index contributed by atoms with van der Waals surface area (Å²) in [6.45, 7) is 6.71. The minimum atomic E-state index is 0. The predicted molar refractivity (Wildman–Crippen MR) is 69.7 cm³/mol. The zero-order valence-electron chi connectivity index (χ0n) is 9.53. The van der Waals surface area contributed by atoms with E-state index in [1.807, 2.05) is 23.3 Å². The monoisotopic (exact) mass is 260 g/mol. The third-order valence-corrected chi connectivity index (χ3v) is 3.82. The summed E-state index contributed by atoms with van der Waals surface area (Å²) in [5.74, 6) is 0.191. The molecule has 0 spiro atoms. The van der Waals surface area contributed by atoms with E-state index in [1.54, 1.807) is 11.3 Å². The summed E-state index contributed by atoms with van der Waals surface area (Å²) in [5.41, 5.74) is 1.09. The van der Waals surface area contributed by atoms with Gasteiger partial charge in [-0.05, 0) is 30.9 Å². The van der Waals surface area contributed by atoms with Gasteiger partial charge in [-0.1, -0.05) is 0 Å². The van der Waals surface area contributed by atoms with Gasteiger partial charge in [0.1, 0.15) is 0 Å². The molecular weight excluding hydrogens is 244 g/mol. The Morgan fingerprint density at radius 3 is 2.94 bits per heavy atom. The highest BCUT2D eigenvalue weighted by Crippen LogP contribution is 2.19. The van der Waals surface area contributed by atoms with Crippen molar-refractivity contribution in [2.45, 2.75) is 19.9 Å². The summed E-state index contributed by atoms with van der Waals surface area (Å²) in [6, 6.07) is 2.30. The van der Waals surface area contributed by atoms with Crippen molar-refractivity contribution in [3.05, 3.63) is 21.9 Å². The molecule has 0 aliphatic carbocycles. The normalized spacial score (nSPS) is 20.4. The zero-order chi connectivity index (χ0) is 10.8. The summed E-state index contributed by atoms with van der Waals surface area (Å²) in [4.78, 5) is 15.1. The number of carbonyl (C=O) groups excluding carboxylic acids is 1. The van der Waals surface area contributed by atoms with Crippen molar-refractivity contribution < 1.29 is 4.79 Å². The molecule has 2 rings (SSSR count). The molecule has 1 saturated heterocycles. The van der Waals surface area contributed by atoms with Gasteiger partial charge in [-0.25, -0.2) is 0 Å². The van der Waals surface area contributed by atoms with Crippen LogP contribution in [0, 0.1) is 6.92 Å². The third-order valence-electron chi connectivity index (χ3n) is 2.82. The number of rotatable bonds is 1. The Labute approximate surface area is 106 Å². The van der Waals surface area contributed by atoms with Crippen molar-refractivity contribution in [3.63, 3.8) is 0 Å². The van der Waals surface area contributed by atoms with E-state index in [2.05, 4.69) is 12.2 Å². The van der Waals surface area contributed by atoms with Gasteiger partial charge in [-0.15, -0.1) is 23.7 Å². The van der Waals surface area contributed by atoms with Crippen molar-refractivity contribution >= 4 is 29.7 Å². The van der Waals surface area contributed by atoms with Crippen molar-refractivity contribution in [2.24, 2.45) is 0 Å². The quantitative estimate of drug-likeness (QED) is 0.837. The standard InChI is InChI=1S/C11H16N2OS.ClH/c1-8-3-6-15-10(8)11(14)13-5-4-12-7-9(13)2;/h3,6,9,12H,4-5,7H2,1-2H3;1H/t9-;/m1./s1. The SMILES string of the molecule is Cc1ccsc1C(=O)N1CCNC[C@H]1C.Cl. The zero-order valence-corrected chi connectivity index (χ0v) is 11.2. The number of hydrogen-bond donors (Lipinski definition) is 1. The van der Waals surface area contributed by atoms with Gasteiger partial charge in [0.15, 0.2) is 0 Å². The molecule has 1 fully saturated rings. The van der Waals surface area contributed by atoms with Crippen LogP contribution in [-0.4, -0.2) is 36.5 Å². The first kappa shape index (κ1) is 13.5. The fourth-order valence-electron chi connectivity index (χ4n) is 1.87. The Kier molecular flexibility index (Phi) is 4.77. The molecule has 1 aromatic heterocycles. The number of halogens is 1. The average molecular weight is 261 g/mol. The second kappa shape index (κ2) is 5.66. The van der Waals surface area contributed by atoms with Crippen LogP contribution in [0.5, 0.6) is 0 Å². The number of nitrogens with one attached hydrogen (secondary N) is 1. The van der Waals surface area contributed by atoms with Crippen LogP contribution < -0.4 is 5.32 Å². The first-order chi connectivity index (χ1) is 7.20. The van der Waals surface area contributed by atoms with Crippen LogP contribution in [0.2, 0.25) is 0 Å². The largest absolute Gasteiger partial charge is 0.333 e. The summed E-state index contributed by atoms with van der Waals surface area (Å²) < 4.78 is 0. The van der Waals surface area contributed by atoms with Crippen LogP contribution in [-0.2, 0) is 0 Å². The van der Waals surface area contributed by atoms with E-state index in [0.717, 1.165) is 30.1 Å². The second-order valence-electron chi connectivity index (χ2n) is 3.98. The molecule has 16 heavy (non-hydrogen) atoms. The summed E-state index contributed by atoms with van der Waals surface area (Å²) in [6.07, 6.45) is 0. The lowest BCUT2D eigenvalue weighted by Crippen LogP contribution is -2.52. The van der Waals surface area contributed by atoms with Gasteiger partial charge in [-0.2, -0.15) is 0 Å². The van der Waals surface area contributed by atoms with E-state index >= 15 is 0 Å². The molecule has 1 N–H and O–H groups in total. The van der Waals surface area contributed by atoms with Crippen molar-refractivity contribution in [2.75, 3.05) is 19.6 Å². The highest BCUT2D eigenvalue weighted by molar-refractivity contribution is 7.12. The predicted octanol–water partition coefficient (Wildman–Crippen LogP) is 1.91. The second-order valence-corrected chi connectivity index (χ2v) is 4.90. The molecule has 1 amide bonds. The van der Waals surface area contributed by atoms with Crippen molar-refractivity contribution in [3.8, 4) is 0 Å². The summed E-state index contributed by atoms with van der Waals surface area (Å²) >= 11 is 1.54. The van der Waals surface area contributed by atoms with E-state index in [-0.39, 0.29) is 18.3 Å². The smallest absolute Gasteiger partial charge is 0.264 e. The van der Waals surface area contributed by atoms with Crippen LogP contribution in [0.25, 0.3) is 0 Å². The molecule has 1 atom stereocenters. The number of hydrogen-bond acceptors (Lipinski definition) is 3. The fraction of sp³-hybridized carbons (Fsp3) is 0.545. The molecule has 0 unspecified atom stereocenters. The molecule has 2 heterocycles. The molecule has 90 valence electrons. The highest BCUT2D eigenvalue weighted by atomic mass is 35.5. The lowest BCUT2D eigenvalue weighted by molar-refractivity contribution is 0.0660. The molecule has 0 radical (unpaired) electrons. The number of aryl methyl sites for hydroxylation is 1. The number of thiophene rings is 1. The van der Waals surface area contributed by atoms with E-state index in [0.29, 0.717) is 6.04 Å². The van der Waals surface area contributed by atoms with Gasteiger partial charge >= 0.3 is 0 Å². The van der Waals surface area contributed by atoms with Gasteiger partial charge in [0.05, 0.1) is 4.88 Å². The number of nitrogens with zero attached hydrogens (tertiary/aromatic N) is 1. The topological polar surface area (TPSA) is 32.3 Å². The van der Waals surface area contributed by atoms with Crippen LogP contribution in [0.3, 0.4) is 0 Å². The molecule has 0 aromatic carbocycles. The number of amides is 1. The number of piperazine rings is 1. The van der Waals surface area contributed by atoms with Gasteiger partial charge in [0, 0.05) is 25.7 Å². The molecule has 1 aliphatic rings. The van der Waals surface area contributed by atoms with Gasteiger partial charge in [-0.3, -0.25) is 4.79 Å². The number of carbonyl (C=O) groups is 1. The maximum absolute atomic E-state index is 12.2. The van der Waals surface area contributed by atoms with E-state index in [1.165, 1.54) is 0 Å². The summed E-state index contributed by atoms with van der Waals surface area (Å²) in [5, 5.41) is 5.27. The van der Waals surface area contributed by atoms with E-state index in [4.69, 9.17) is 0 Å². The van der Waals surface area contributed by atoms with Gasteiger partial charge < -0.3 is 10.2 Å². The summed E-state index contributed by atoms with van der Waals surface area (Å²) in [7, 11) is 0. The Morgan fingerprint density at radius 1 is 1.62 bits per heavy atom. The van der Waals surface area contributed by atoms with Crippen LogP contribution in [0.1, 0.15) is 22.2 Å². The maximum Gasteiger partial charge on any atom is 0.264 e. The van der Waals surface area contributed by atoms with E-state index in [9.17, 15) is 4.79 Å². The Hall–Kier alpha value is -0.580.